The van der Waals surface area contributed by atoms with Crippen LogP contribution >= 0.6 is 0 Å². The molecule has 2 heterocycles. The normalized spacial score (nSPS) is 28.7. The molecule has 0 bridgehead atoms. The number of carbonyl (C=O) groups is 1. The van der Waals surface area contributed by atoms with Crippen LogP contribution in [-0.4, -0.2) is 47.4 Å². The number of amides is 1. The van der Waals surface area contributed by atoms with E-state index in [2.05, 4.69) is 5.32 Å². The zero-order chi connectivity index (χ0) is 16.5. The van der Waals surface area contributed by atoms with Crippen LogP contribution in [0.4, 0.5) is 4.79 Å². The molecule has 2 saturated heterocycles. The van der Waals surface area contributed by atoms with Gasteiger partial charge in [-0.1, -0.05) is 30.3 Å². The number of cyclic esters (lactones) is 1. The highest BCUT2D eigenvalue weighted by Crippen LogP contribution is 2.41. The molecule has 1 amide bonds. The minimum Gasteiger partial charge on any atom is -0.438 e. The number of nitrogens with one attached hydrogen (secondary N) is 1. The Balaban J connectivity index is 1.85. The van der Waals surface area contributed by atoms with Crippen LogP contribution in [0, 0.1) is 0 Å². The second kappa shape index (κ2) is 6.13. The summed E-state index contributed by atoms with van der Waals surface area (Å²) in [7, 11) is 0. The minimum absolute atomic E-state index is 0.221. The lowest BCUT2D eigenvalue weighted by atomic mass is 9.80. The fraction of sp³-hybridized carbons (Fsp3) is 0.611. The first-order chi connectivity index (χ1) is 10.9. The highest BCUT2D eigenvalue weighted by molar-refractivity contribution is 5.70. The molecule has 2 aliphatic heterocycles. The quantitative estimate of drug-likeness (QED) is 0.894. The summed E-state index contributed by atoms with van der Waals surface area (Å²) in [5.41, 5.74) is -0.702. The Kier molecular flexibility index (Phi) is 4.34. The Morgan fingerprint density at radius 1 is 1.39 bits per heavy atom. The van der Waals surface area contributed by atoms with Crippen molar-refractivity contribution in [2.24, 2.45) is 0 Å². The van der Waals surface area contributed by atoms with Crippen molar-refractivity contribution in [1.82, 2.24) is 10.2 Å². The van der Waals surface area contributed by atoms with Crippen LogP contribution in [-0.2, 0) is 10.3 Å². The molecule has 2 N–H and O–H groups in total. The lowest BCUT2D eigenvalue weighted by Gasteiger charge is -2.45. The summed E-state index contributed by atoms with van der Waals surface area (Å²) in [5, 5.41) is 13.6. The van der Waals surface area contributed by atoms with E-state index in [4.69, 9.17) is 4.74 Å². The van der Waals surface area contributed by atoms with Gasteiger partial charge in [-0.3, -0.25) is 0 Å². The van der Waals surface area contributed by atoms with Gasteiger partial charge in [0, 0.05) is 32.0 Å². The van der Waals surface area contributed by atoms with Gasteiger partial charge in [0.1, 0.15) is 5.60 Å². The number of carbonyl (C=O) groups excluding carboxylic acids is 1. The van der Waals surface area contributed by atoms with Crippen LogP contribution in [0.2, 0.25) is 0 Å². The third-order valence-corrected chi connectivity index (χ3v) is 4.77. The summed E-state index contributed by atoms with van der Waals surface area (Å²) in [4.78, 5) is 14.5. The van der Waals surface area contributed by atoms with E-state index >= 15 is 0 Å². The first kappa shape index (κ1) is 16.3. The van der Waals surface area contributed by atoms with Crippen LogP contribution < -0.4 is 5.32 Å². The van der Waals surface area contributed by atoms with E-state index in [1.165, 1.54) is 0 Å². The molecule has 23 heavy (non-hydrogen) atoms. The van der Waals surface area contributed by atoms with Gasteiger partial charge in [-0.2, -0.15) is 0 Å². The van der Waals surface area contributed by atoms with Crippen LogP contribution in [0.5, 0.6) is 0 Å². The summed E-state index contributed by atoms with van der Waals surface area (Å²) >= 11 is 0. The summed E-state index contributed by atoms with van der Waals surface area (Å²) in [6, 6.07) is 10.0. The summed E-state index contributed by atoms with van der Waals surface area (Å²) < 4.78 is 5.96. The van der Waals surface area contributed by atoms with Gasteiger partial charge in [0.05, 0.1) is 5.60 Å². The summed E-state index contributed by atoms with van der Waals surface area (Å²) in [6.45, 7) is 5.97. The van der Waals surface area contributed by atoms with Gasteiger partial charge in [0.2, 0.25) is 0 Å². The average molecular weight is 318 g/mol. The Bertz CT molecular complexity index is 549. The Labute approximate surface area is 137 Å². The molecule has 0 radical (unpaired) electrons. The fourth-order valence-electron chi connectivity index (χ4n) is 3.78. The van der Waals surface area contributed by atoms with Gasteiger partial charge in [-0.25, -0.2) is 4.79 Å². The predicted octanol–water partition coefficient (Wildman–Crippen LogP) is 2.25. The van der Waals surface area contributed by atoms with Crippen molar-refractivity contribution in [3.05, 3.63) is 35.9 Å². The van der Waals surface area contributed by atoms with Crippen LogP contribution in [0.25, 0.3) is 0 Å². The Morgan fingerprint density at radius 3 is 2.70 bits per heavy atom. The predicted molar refractivity (Wildman–Crippen MR) is 88.1 cm³/mol. The zero-order valence-corrected chi connectivity index (χ0v) is 13.9. The number of hydrogen-bond acceptors (Lipinski definition) is 4. The van der Waals surface area contributed by atoms with E-state index < -0.39 is 11.2 Å². The summed E-state index contributed by atoms with van der Waals surface area (Å²) in [6.07, 6.45) is 1.80. The molecule has 2 fully saturated rings. The molecule has 0 spiro atoms. The van der Waals surface area contributed by atoms with Crippen molar-refractivity contribution in [3.8, 4) is 0 Å². The molecule has 0 aliphatic carbocycles. The van der Waals surface area contributed by atoms with Crippen LogP contribution in [0.3, 0.4) is 0 Å². The molecule has 126 valence electrons. The first-order valence-corrected chi connectivity index (χ1v) is 8.38. The number of nitrogens with zero attached hydrogens (tertiary/aromatic N) is 1. The maximum atomic E-state index is 12.7. The molecule has 2 aliphatic rings. The van der Waals surface area contributed by atoms with Gasteiger partial charge >= 0.3 is 6.09 Å². The number of ether oxygens (including phenoxy) is 1. The van der Waals surface area contributed by atoms with Gasteiger partial charge in [0.15, 0.2) is 0 Å². The van der Waals surface area contributed by atoms with E-state index in [0.29, 0.717) is 19.4 Å². The van der Waals surface area contributed by atoms with E-state index in [1.54, 1.807) is 13.8 Å². The van der Waals surface area contributed by atoms with E-state index in [1.807, 2.05) is 35.2 Å². The topological polar surface area (TPSA) is 61.8 Å². The molecule has 1 aromatic rings. The van der Waals surface area contributed by atoms with E-state index in [-0.39, 0.29) is 12.1 Å². The second-order valence-electron chi connectivity index (χ2n) is 7.31. The average Bonchev–Trinajstić information content (AvgIpc) is 3.00. The van der Waals surface area contributed by atoms with Crippen molar-refractivity contribution < 1.29 is 14.6 Å². The highest BCUT2D eigenvalue weighted by Gasteiger charge is 2.46. The second-order valence-corrected chi connectivity index (χ2v) is 7.31. The standard InChI is InChI=1S/C18H26N2O3/c1-17(2,22)13-18(14-6-4-3-5-7-14)9-11-20(16(21)23-18)15-8-10-19-12-15/h3-7,15,19,22H,8-13H2,1-2H3/t15-,18-/m0/s1. The maximum absolute atomic E-state index is 12.7. The highest BCUT2D eigenvalue weighted by atomic mass is 16.6. The van der Waals surface area contributed by atoms with Crippen molar-refractivity contribution in [3.63, 3.8) is 0 Å². The van der Waals surface area contributed by atoms with Crippen molar-refractivity contribution in [2.75, 3.05) is 19.6 Å². The number of rotatable bonds is 4. The molecule has 0 aromatic heterocycles. The Hall–Kier alpha value is -1.59. The van der Waals surface area contributed by atoms with E-state index in [0.717, 1.165) is 25.1 Å². The van der Waals surface area contributed by atoms with Gasteiger partial charge in [-0.05, 0) is 32.4 Å². The summed E-state index contributed by atoms with van der Waals surface area (Å²) in [5.74, 6) is 0. The third-order valence-electron chi connectivity index (χ3n) is 4.77. The van der Waals surface area contributed by atoms with Crippen molar-refractivity contribution in [2.45, 2.75) is 50.4 Å². The Morgan fingerprint density at radius 2 is 2.13 bits per heavy atom. The number of aliphatic hydroxyl groups is 1. The largest absolute Gasteiger partial charge is 0.438 e. The monoisotopic (exact) mass is 318 g/mol. The smallest absolute Gasteiger partial charge is 0.410 e. The number of benzene rings is 1. The molecule has 3 rings (SSSR count). The van der Waals surface area contributed by atoms with Crippen LogP contribution in [0.1, 0.15) is 38.7 Å². The first-order valence-electron chi connectivity index (χ1n) is 8.38. The zero-order valence-electron chi connectivity index (χ0n) is 13.9. The fourth-order valence-corrected chi connectivity index (χ4v) is 3.78. The van der Waals surface area contributed by atoms with Gasteiger partial charge in [-0.15, -0.1) is 0 Å². The number of hydrogen-bond donors (Lipinski definition) is 2. The molecule has 5 nitrogen and oxygen atoms in total. The lowest BCUT2D eigenvalue weighted by Crippen LogP contribution is -2.53. The van der Waals surface area contributed by atoms with Crippen molar-refractivity contribution in [1.29, 1.82) is 0 Å². The van der Waals surface area contributed by atoms with Gasteiger partial charge in [0.25, 0.3) is 0 Å². The lowest BCUT2D eigenvalue weighted by molar-refractivity contribution is -0.100. The molecule has 1 aromatic carbocycles. The SMILES string of the molecule is CC(C)(O)C[C@]1(c2ccccc2)CCN([C@H]2CCNC2)C(=O)O1. The maximum Gasteiger partial charge on any atom is 0.410 e. The molecular weight excluding hydrogens is 292 g/mol. The molecule has 2 atom stereocenters. The molecular formula is C18H26N2O3. The minimum atomic E-state index is -0.910. The van der Waals surface area contributed by atoms with Crippen LogP contribution in [0.15, 0.2) is 30.3 Å². The van der Waals surface area contributed by atoms with Gasteiger partial charge < -0.3 is 20.1 Å². The molecule has 5 heteroatoms. The van der Waals surface area contributed by atoms with E-state index in [9.17, 15) is 9.90 Å². The third kappa shape index (κ3) is 3.51. The molecule has 0 saturated carbocycles. The van der Waals surface area contributed by atoms with Crippen molar-refractivity contribution >= 4 is 6.09 Å². The molecule has 0 unspecified atom stereocenters.